The van der Waals surface area contributed by atoms with Gasteiger partial charge in [-0.1, -0.05) is 66.7 Å². The van der Waals surface area contributed by atoms with Gasteiger partial charge in [-0.05, 0) is 74.2 Å². The van der Waals surface area contributed by atoms with Crippen molar-refractivity contribution in [2.24, 2.45) is 5.73 Å². The smallest absolute Gasteiger partial charge is 0.270 e. The SMILES string of the molecule is CC(F)(F)c1ccc2sc(C(=O)N[C@H]3CCC[C@H]4SC(C)(C)[C@@H](C(=O)N[C@@H](CCC(N)=O)C(=O)NC(c5ccccc5)c5ccccc5)N4C3=O)cc2c1. The number of thiophene rings is 1. The van der Waals surface area contributed by atoms with Gasteiger partial charge in [0.15, 0.2) is 0 Å². The van der Waals surface area contributed by atoms with Gasteiger partial charge >= 0.3 is 0 Å². The van der Waals surface area contributed by atoms with E-state index in [1.54, 1.807) is 6.07 Å². The number of fused-ring (bicyclic) bond motifs is 2. The van der Waals surface area contributed by atoms with Gasteiger partial charge in [-0.15, -0.1) is 23.1 Å². The Balaban J connectivity index is 1.22. The lowest BCUT2D eigenvalue weighted by Gasteiger charge is -2.34. The molecule has 0 spiro atoms. The molecule has 2 fully saturated rings. The first kappa shape index (κ1) is 38.9. The summed E-state index contributed by atoms with van der Waals surface area (Å²) in [5.41, 5.74) is 6.96. The van der Waals surface area contributed by atoms with E-state index in [1.807, 2.05) is 74.5 Å². The average molecular weight is 776 g/mol. The zero-order valence-electron chi connectivity index (χ0n) is 30.1. The Labute approximate surface area is 320 Å². The minimum Gasteiger partial charge on any atom is -0.370 e. The van der Waals surface area contributed by atoms with Crippen molar-refractivity contribution in [2.75, 3.05) is 0 Å². The van der Waals surface area contributed by atoms with Crippen LogP contribution >= 0.6 is 23.1 Å². The molecule has 4 atom stereocenters. The van der Waals surface area contributed by atoms with E-state index in [2.05, 4.69) is 16.0 Å². The lowest BCUT2D eigenvalue weighted by atomic mass is 9.97. The molecule has 0 radical (unpaired) electrons. The molecule has 0 bridgehead atoms. The molecule has 4 aromatic rings. The molecule has 5 amide bonds. The Bertz CT molecular complexity index is 2000. The number of nitrogens with one attached hydrogen (secondary N) is 3. The summed E-state index contributed by atoms with van der Waals surface area (Å²) in [6.07, 6.45) is 1.29. The van der Waals surface area contributed by atoms with Crippen molar-refractivity contribution in [3.8, 4) is 0 Å². The van der Waals surface area contributed by atoms with Gasteiger partial charge in [0.2, 0.25) is 23.6 Å². The van der Waals surface area contributed by atoms with Gasteiger partial charge in [0.25, 0.3) is 11.8 Å². The van der Waals surface area contributed by atoms with Gasteiger partial charge in [-0.2, -0.15) is 0 Å². The highest BCUT2D eigenvalue weighted by Gasteiger charge is 2.55. The minimum atomic E-state index is -3.04. The number of hydrogen-bond donors (Lipinski definition) is 4. The number of carbonyl (C=O) groups is 5. The largest absolute Gasteiger partial charge is 0.370 e. The summed E-state index contributed by atoms with van der Waals surface area (Å²) >= 11 is 2.63. The predicted molar refractivity (Wildman–Crippen MR) is 206 cm³/mol. The lowest BCUT2D eigenvalue weighted by molar-refractivity contribution is -0.143. The van der Waals surface area contributed by atoms with E-state index in [4.69, 9.17) is 5.73 Å². The highest BCUT2D eigenvalue weighted by atomic mass is 32.2. The van der Waals surface area contributed by atoms with Crippen molar-refractivity contribution in [3.63, 3.8) is 0 Å². The number of halogens is 2. The topological polar surface area (TPSA) is 151 Å². The van der Waals surface area contributed by atoms with E-state index in [9.17, 15) is 32.8 Å². The summed E-state index contributed by atoms with van der Waals surface area (Å²) in [6, 6.07) is 20.9. The fourth-order valence-corrected chi connectivity index (χ4v) is 9.79. The Kier molecular flexibility index (Phi) is 11.4. The molecular formula is C40H43F2N5O5S2. The molecule has 2 saturated heterocycles. The van der Waals surface area contributed by atoms with Gasteiger partial charge < -0.3 is 26.6 Å². The number of benzene rings is 3. The van der Waals surface area contributed by atoms with Crippen LogP contribution in [0.5, 0.6) is 0 Å². The highest BCUT2D eigenvalue weighted by Crippen LogP contribution is 2.48. The van der Waals surface area contributed by atoms with Gasteiger partial charge in [0.1, 0.15) is 18.1 Å². The summed E-state index contributed by atoms with van der Waals surface area (Å²) in [6.45, 7) is 4.54. The first-order chi connectivity index (χ1) is 25.6. The number of nitrogens with two attached hydrogens (primary N) is 1. The predicted octanol–water partition coefficient (Wildman–Crippen LogP) is 6.00. The van der Waals surface area contributed by atoms with Crippen molar-refractivity contribution < 1.29 is 32.8 Å². The zero-order chi connectivity index (χ0) is 38.8. The van der Waals surface area contributed by atoms with E-state index in [1.165, 1.54) is 34.9 Å². The van der Waals surface area contributed by atoms with E-state index >= 15 is 0 Å². The van der Waals surface area contributed by atoms with Crippen LogP contribution < -0.4 is 21.7 Å². The third kappa shape index (κ3) is 8.60. The van der Waals surface area contributed by atoms with E-state index in [0.717, 1.165) is 29.4 Å². The van der Waals surface area contributed by atoms with Gasteiger partial charge in [-0.3, -0.25) is 24.0 Å². The molecule has 6 rings (SSSR count). The normalized spacial score (nSPS) is 20.2. The molecule has 3 aromatic carbocycles. The molecule has 5 N–H and O–H groups in total. The van der Waals surface area contributed by atoms with Crippen LogP contribution in [0.3, 0.4) is 0 Å². The van der Waals surface area contributed by atoms with Crippen molar-refractivity contribution in [2.45, 2.75) is 93.1 Å². The summed E-state index contributed by atoms with van der Waals surface area (Å²) < 4.78 is 27.8. The second-order valence-corrected chi connectivity index (χ2v) is 17.3. The van der Waals surface area contributed by atoms with Crippen molar-refractivity contribution in [1.82, 2.24) is 20.9 Å². The summed E-state index contributed by atoms with van der Waals surface area (Å²) in [4.78, 5) is 69.9. The average Bonchev–Trinajstić information content (AvgIpc) is 3.65. The Morgan fingerprint density at radius 3 is 2.20 bits per heavy atom. The molecule has 54 heavy (non-hydrogen) atoms. The highest BCUT2D eigenvalue weighted by molar-refractivity contribution is 8.01. The van der Waals surface area contributed by atoms with Crippen molar-refractivity contribution >= 4 is 62.7 Å². The fraction of sp³-hybridized carbons (Fsp3) is 0.375. The van der Waals surface area contributed by atoms with Crippen LogP contribution in [0.2, 0.25) is 0 Å². The third-order valence-corrected chi connectivity index (χ3v) is 12.5. The van der Waals surface area contributed by atoms with Crippen LogP contribution in [-0.4, -0.2) is 62.7 Å². The Morgan fingerprint density at radius 1 is 0.944 bits per heavy atom. The van der Waals surface area contributed by atoms with Crippen LogP contribution in [0.1, 0.15) is 85.3 Å². The summed E-state index contributed by atoms with van der Waals surface area (Å²) in [5, 5.41) is 8.90. The van der Waals surface area contributed by atoms with Gasteiger partial charge in [-0.25, -0.2) is 8.78 Å². The number of thioether (sulfide) groups is 1. The lowest BCUT2D eigenvalue weighted by Crippen LogP contribution is -2.60. The maximum Gasteiger partial charge on any atom is 0.270 e. The molecule has 0 unspecified atom stereocenters. The molecular weight excluding hydrogens is 733 g/mol. The molecule has 0 saturated carbocycles. The maximum atomic E-state index is 14.4. The number of primary amides is 1. The number of rotatable bonds is 12. The second kappa shape index (κ2) is 15.9. The van der Waals surface area contributed by atoms with E-state index in [0.29, 0.717) is 29.3 Å². The maximum absolute atomic E-state index is 14.4. The van der Waals surface area contributed by atoms with Crippen LogP contribution in [0.25, 0.3) is 10.1 Å². The first-order valence-electron chi connectivity index (χ1n) is 17.8. The minimum absolute atomic E-state index is 0.0634. The Hall–Kier alpha value is -4.82. The number of hydrogen-bond acceptors (Lipinski definition) is 7. The first-order valence-corrected chi connectivity index (χ1v) is 19.5. The van der Waals surface area contributed by atoms with Crippen LogP contribution in [0, 0.1) is 0 Å². The monoisotopic (exact) mass is 775 g/mol. The standard InChI is InChI=1S/C40H43F2N5O5S2/c1-39(2)34(37(51)44-27(18-20-31(43)48)35(49)46-33(23-11-6-4-7-12-23)24-13-8-5-9-14-24)47-32(54-39)16-10-15-28(38(47)52)45-36(50)30-22-25-21-26(40(3,41)42)17-19-29(25)53-30/h4-9,11-14,17,19,21-22,27-28,32-34H,10,15-16,18,20H2,1-3H3,(H2,43,48)(H,44,51)(H,45,50)(H,46,49)/t27-,28-,32+,34+/m0/s1. The summed E-state index contributed by atoms with van der Waals surface area (Å²) in [7, 11) is 0. The number of nitrogens with zero attached hydrogens (tertiary/aromatic N) is 1. The number of amides is 5. The van der Waals surface area contributed by atoms with Gasteiger partial charge in [0, 0.05) is 28.4 Å². The molecule has 10 nitrogen and oxygen atoms in total. The molecule has 3 heterocycles. The van der Waals surface area contributed by atoms with Crippen LogP contribution in [-0.2, 0) is 25.1 Å². The zero-order valence-corrected chi connectivity index (χ0v) is 31.8. The molecule has 2 aliphatic rings. The number of alkyl halides is 2. The third-order valence-electron chi connectivity index (χ3n) is 9.85. The van der Waals surface area contributed by atoms with Crippen LogP contribution in [0.4, 0.5) is 8.78 Å². The van der Waals surface area contributed by atoms with Crippen LogP contribution in [0.15, 0.2) is 84.9 Å². The van der Waals surface area contributed by atoms with Crippen molar-refractivity contribution in [3.05, 3.63) is 106 Å². The second-order valence-electron chi connectivity index (χ2n) is 14.4. The van der Waals surface area contributed by atoms with E-state index < -0.39 is 64.4 Å². The molecule has 0 aliphatic carbocycles. The quantitative estimate of drug-likeness (QED) is 0.139. The number of carbonyl (C=O) groups excluding carboxylic acids is 5. The molecule has 2 aliphatic heterocycles. The van der Waals surface area contributed by atoms with Gasteiger partial charge in [0.05, 0.1) is 16.3 Å². The molecule has 284 valence electrons. The fourth-order valence-electron chi connectivity index (χ4n) is 7.17. The summed E-state index contributed by atoms with van der Waals surface area (Å²) in [5.74, 6) is -5.70. The Morgan fingerprint density at radius 2 is 1.59 bits per heavy atom. The van der Waals surface area contributed by atoms with Crippen molar-refractivity contribution in [1.29, 1.82) is 0 Å². The molecule has 14 heteroatoms. The van der Waals surface area contributed by atoms with E-state index in [-0.39, 0.29) is 28.7 Å². The molecule has 1 aromatic heterocycles.